The van der Waals surface area contributed by atoms with Crippen molar-refractivity contribution in [2.24, 2.45) is 5.73 Å². The minimum absolute atomic E-state index is 0.144. The number of amides is 1. The summed E-state index contributed by atoms with van der Waals surface area (Å²) in [5.74, 6) is 1.18. The number of furan rings is 1. The number of thioether (sulfide) groups is 1. The Morgan fingerprint density at radius 2 is 1.70 bits per heavy atom. The van der Waals surface area contributed by atoms with E-state index in [2.05, 4.69) is 10.2 Å². The zero-order valence-electron chi connectivity index (χ0n) is 17.8. The summed E-state index contributed by atoms with van der Waals surface area (Å²) in [5.41, 5.74) is 7.24. The lowest BCUT2D eigenvalue weighted by Crippen LogP contribution is -2.15. The van der Waals surface area contributed by atoms with Crippen LogP contribution in [-0.2, 0) is 26.9 Å². The minimum Gasteiger partial charge on any atom is -0.461 e. The molecule has 170 valence electrons. The normalized spacial score (nSPS) is 11.5. The molecule has 33 heavy (non-hydrogen) atoms. The highest BCUT2D eigenvalue weighted by atomic mass is 32.2. The zero-order chi connectivity index (χ0) is 23.4. The molecule has 0 aliphatic heterocycles. The first-order valence-electron chi connectivity index (χ1n) is 10.1. The van der Waals surface area contributed by atoms with Crippen LogP contribution in [0.2, 0.25) is 0 Å². The van der Waals surface area contributed by atoms with Gasteiger partial charge < -0.3 is 10.2 Å². The van der Waals surface area contributed by atoms with Crippen LogP contribution in [0.4, 0.5) is 0 Å². The molecule has 0 saturated carbocycles. The number of aryl methyl sites for hydroxylation is 1. The monoisotopic (exact) mass is 482 g/mol. The predicted octanol–water partition coefficient (Wildman–Crippen LogP) is 3.85. The van der Waals surface area contributed by atoms with Crippen LogP contribution in [-0.4, -0.2) is 29.1 Å². The van der Waals surface area contributed by atoms with Gasteiger partial charge in [0.2, 0.25) is 15.7 Å². The Bertz CT molecular complexity index is 1340. The van der Waals surface area contributed by atoms with Gasteiger partial charge in [0, 0.05) is 18.7 Å². The number of rotatable bonds is 9. The fourth-order valence-electron chi connectivity index (χ4n) is 3.17. The molecule has 0 aliphatic rings. The summed E-state index contributed by atoms with van der Waals surface area (Å²) in [5, 5.41) is 9.05. The van der Waals surface area contributed by atoms with Gasteiger partial charge in [-0.3, -0.25) is 9.36 Å². The summed E-state index contributed by atoms with van der Waals surface area (Å²) in [4.78, 5) is 11.8. The highest BCUT2D eigenvalue weighted by Crippen LogP contribution is 2.28. The molecule has 2 aromatic carbocycles. The number of benzene rings is 2. The van der Waals surface area contributed by atoms with Gasteiger partial charge in [0.05, 0.1) is 16.1 Å². The smallest absolute Gasteiger partial charge is 0.219 e. The highest BCUT2D eigenvalue weighted by molar-refractivity contribution is 7.98. The Hall–Kier alpha value is -3.37. The van der Waals surface area contributed by atoms with Crippen molar-refractivity contribution in [1.29, 1.82) is 0 Å². The summed E-state index contributed by atoms with van der Waals surface area (Å²) >= 11 is 1.43. The minimum atomic E-state index is -3.57. The maximum atomic E-state index is 12.8. The number of hydrogen-bond donors (Lipinski definition) is 1. The van der Waals surface area contributed by atoms with E-state index in [-0.39, 0.29) is 16.2 Å². The maximum absolute atomic E-state index is 12.8. The molecule has 4 aromatic rings. The van der Waals surface area contributed by atoms with Crippen LogP contribution >= 0.6 is 11.8 Å². The summed E-state index contributed by atoms with van der Waals surface area (Å²) in [6.07, 6.45) is 1.69. The van der Waals surface area contributed by atoms with Gasteiger partial charge in [0.25, 0.3) is 0 Å². The fourth-order valence-corrected chi connectivity index (χ4v) is 5.35. The van der Waals surface area contributed by atoms with Crippen molar-refractivity contribution in [1.82, 2.24) is 14.8 Å². The number of primary amides is 1. The molecule has 0 fully saturated rings. The van der Waals surface area contributed by atoms with E-state index in [4.69, 9.17) is 10.2 Å². The zero-order valence-corrected chi connectivity index (χ0v) is 19.5. The van der Waals surface area contributed by atoms with Crippen LogP contribution in [0.5, 0.6) is 0 Å². The van der Waals surface area contributed by atoms with E-state index in [1.807, 2.05) is 6.92 Å². The molecule has 10 heteroatoms. The topological polar surface area (TPSA) is 121 Å². The van der Waals surface area contributed by atoms with Crippen LogP contribution in [0.1, 0.15) is 17.5 Å². The lowest BCUT2D eigenvalue weighted by atomic mass is 10.2. The number of nitrogens with two attached hydrogens (primary N) is 1. The quantitative estimate of drug-likeness (QED) is 0.360. The van der Waals surface area contributed by atoms with Crippen molar-refractivity contribution in [3.05, 3.63) is 78.1 Å². The molecule has 4 rings (SSSR count). The molecule has 8 nitrogen and oxygen atoms in total. The molecular formula is C23H22N4O4S2. The molecule has 2 N–H and O–H groups in total. The fraction of sp³-hybridized carbons (Fsp3) is 0.174. The largest absolute Gasteiger partial charge is 0.461 e. The van der Waals surface area contributed by atoms with E-state index in [0.29, 0.717) is 29.0 Å². The summed E-state index contributed by atoms with van der Waals surface area (Å²) in [6, 6.07) is 17.1. The van der Waals surface area contributed by atoms with E-state index < -0.39 is 15.7 Å². The van der Waals surface area contributed by atoms with E-state index in [9.17, 15) is 13.2 Å². The van der Waals surface area contributed by atoms with E-state index in [1.165, 1.54) is 11.8 Å². The van der Waals surface area contributed by atoms with E-state index in [0.717, 1.165) is 11.1 Å². The second-order valence-electron chi connectivity index (χ2n) is 7.40. The van der Waals surface area contributed by atoms with E-state index in [1.54, 1.807) is 71.5 Å². The van der Waals surface area contributed by atoms with Crippen molar-refractivity contribution in [2.75, 3.05) is 0 Å². The van der Waals surface area contributed by atoms with Crippen molar-refractivity contribution in [3.63, 3.8) is 0 Å². The molecule has 0 aliphatic carbocycles. The van der Waals surface area contributed by atoms with Gasteiger partial charge in [0.15, 0.2) is 16.7 Å². The van der Waals surface area contributed by atoms with Crippen LogP contribution in [0.25, 0.3) is 11.6 Å². The number of aromatic nitrogens is 3. The third-order valence-electron chi connectivity index (χ3n) is 4.97. The van der Waals surface area contributed by atoms with Gasteiger partial charge in [0.1, 0.15) is 0 Å². The molecule has 0 atom stereocenters. The molecule has 0 saturated heterocycles. The Labute approximate surface area is 195 Å². The van der Waals surface area contributed by atoms with Crippen molar-refractivity contribution >= 4 is 27.5 Å². The molecule has 2 aromatic heterocycles. The average Bonchev–Trinajstić information content (AvgIpc) is 3.46. The highest BCUT2D eigenvalue weighted by Gasteiger charge is 2.19. The standard InChI is InChI=1S/C23H22N4O4S2/c1-16-4-8-18(9-5-16)33(29,30)19-10-6-17(7-11-19)15-32-23-26-25-22(20-3-2-14-31-20)27(23)13-12-21(24)28/h2-11,14H,12-13,15H2,1H3,(H2,24,28). The molecule has 0 bridgehead atoms. The molecule has 0 unspecified atom stereocenters. The number of carbonyl (C=O) groups is 1. The van der Waals surface area contributed by atoms with Crippen LogP contribution in [0, 0.1) is 6.92 Å². The van der Waals surface area contributed by atoms with Crippen LogP contribution < -0.4 is 5.73 Å². The molecule has 2 heterocycles. The van der Waals surface area contributed by atoms with Gasteiger partial charge in [-0.25, -0.2) is 8.42 Å². The number of hydrogen-bond acceptors (Lipinski definition) is 7. The van der Waals surface area contributed by atoms with Gasteiger partial charge in [-0.1, -0.05) is 41.6 Å². The van der Waals surface area contributed by atoms with Crippen molar-refractivity contribution < 1.29 is 17.6 Å². The maximum Gasteiger partial charge on any atom is 0.219 e. The third-order valence-corrected chi connectivity index (χ3v) is 7.80. The van der Waals surface area contributed by atoms with Crippen molar-refractivity contribution in [2.45, 2.75) is 40.6 Å². The second kappa shape index (κ2) is 9.63. The summed E-state index contributed by atoms with van der Waals surface area (Å²) in [7, 11) is -3.57. The van der Waals surface area contributed by atoms with Gasteiger partial charge in [-0.05, 0) is 48.9 Å². The first-order valence-corrected chi connectivity index (χ1v) is 12.6. The molecule has 0 spiro atoms. The summed E-state index contributed by atoms with van der Waals surface area (Å²) < 4.78 is 32.9. The Balaban J connectivity index is 1.50. The Morgan fingerprint density at radius 1 is 1.03 bits per heavy atom. The Kier molecular flexibility index (Phi) is 6.66. The molecule has 1 amide bonds. The van der Waals surface area contributed by atoms with E-state index >= 15 is 0 Å². The number of sulfone groups is 1. The van der Waals surface area contributed by atoms with Gasteiger partial charge >= 0.3 is 0 Å². The van der Waals surface area contributed by atoms with Crippen LogP contribution in [0.3, 0.4) is 0 Å². The Morgan fingerprint density at radius 3 is 2.30 bits per heavy atom. The summed E-state index contributed by atoms with van der Waals surface area (Å²) in [6.45, 7) is 2.24. The predicted molar refractivity (Wildman–Crippen MR) is 124 cm³/mol. The second-order valence-corrected chi connectivity index (χ2v) is 10.3. The lowest BCUT2D eigenvalue weighted by molar-refractivity contribution is -0.118. The van der Waals surface area contributed by atoms with Crippen LogP contribution in [0.15, 0.2) is 86.3 Å². The third kappa shape index (κ3) is 5.18. The van der Waals surface area contributed by atoms with Gasteiger partial charge in [-0.15, -0.1) is 10.2 Å². The number of carbonyl (C=O) groups excluding carboxylic acids is 1. The lowest BCUT2D eigenvalue weighted by Gasteiger charge is -2.09. The van der Waals surface area contributed by atoms with Crippen molar-refractivity contribution in [3.8, 4) is 11.6 Å². The molecule has 0 radical (unpaired) electrons. The number of nitrogens with zero attached hydrogens (tertiary/aromatic N) is 3. The average molecular weight is 483 g/mol. The van der Waals surface area contributed by atoms with Gasteiger partial charge in [-0.2, -0.15) is 0 Å². The first kappa shape index (κ1) is 22.8. The SMILES string of the molecule is Cc1ccc(S(=O)(=O)c2ccc(CSc3nnc(-c4ccco4)n3CCC(N)=O)cc2)cc1. The molecular weight excluding hydrogens is 460 g/mol. The first-order chi connectivity index (χ1) is 15.8.